The Balaban J connectivity index is 2.61. The highest BCUT2D eigenvalue weighted by Crippen LogP contribution is 2.36. The second-order valence-corrected chi connectivity index (χ2v) is 5.69. The number of carbonyl (C=O) groups excluding carboxylic acids is 1. The van der Waals surface area contributed by atoms with Crippen LogP contribution in [0, 0.1) is 0 Å². The summed E-state index contributed by atoms with van der Waals surface area (Å²) in [5.74, 6) is -1.77. The van der Waals surface area contributed by atoms with Crippen molar-refractivity contribution in [3.05, 3.63) is 32.2 Å². The largest absolute Gasteiger partial charge is 0.478 e. The molecular weight excluding hydrogens is 356 g/mol. The second kappa shape index (κ2) is 4.10. The van der Waals surface area contributed by atoms with E-state index in [2.05, 4.69) is 31.9 Å². The summed E-state index contributed by atoms with van der Waals surface area (Å²) in [7, 11) is 0. The van der Waals surface area contributed by atoms with Gasteiger partial charge in [0.1, 0.15) is 0 Å². The Morgan fingerprint density at radius 2 is 2.00 bits per heavy atom. The first kappa shape index (κ1) is 12.6. The second-order valence-electron chi connectivity index (χ2n) is 3.99. The van der Waals surface area contributed by atoms with E-state index in [1.165, 1.54) is 6.92 Å². The maximum absolute atomic E-state index is 11.8. The van der Waals surface area contributed by atoms with E-state index in [4.69, 9.17) is 9.84 Å². The summed E-state index contributed by atoms with van der Waals surface area (Å²) in [5, 5.41) is 9.10. The lowest BCUT2D eigenvalue weighted by atomic mass is 9.90. The molecule has 90 valence electrons. The van der Waals surface area contributed by atoms with Gasteiger partial charge in [-0.2, -0.15) is 0 Å². The lowest BCUT2D eigenvalue weighted by Crippen LogP contribution is -2.46. The zero-order valence-corrected chi connectivity index (χ0v) is 12.0. The summed E-state index contributed by atoms with van der Waals surface area (Å²) in [6, 6.07) is 3.48. The first-order valence-corrected chi connectivity index (χ1v) is 6.37. The van der Waals surface area contributed by atoms with Gasteiger partial charge >= 0.3 is 11.9 Å². The quantitative estimate of drug-likeness (QED) is 0.779. The van der Waals surface area contributed by atoms with Crippen molar-refractivity contribution in [3.8, 4) is 0 Å². The van der Waals surface area contributed by atoms with Crippen molar-refractivity contribution in [1.29, 1.82) is 0 Å². The highest BCUT2D eigenvalue weighted by Gasteiger charge is 2.44. The van der Waals surface area contributed by atoms with Crippen LogP contribution in [0.25, 0.3) is 0 Å². The number of esters is 1. The minimum absolute atomic E-state index is 0.142. The van der Waals surface area contributed by atoms with Crippen LogP contribution in [-0.4, -0.2) is 22.6 Å². The number of cyclic esters (lactones) is 1. The number of benzene rings is 1. The molecule has 0 bridgehead atoms. The average Bonchev–Trinajstić information content (AvgIpc) is 2.22. The molecule has 0 radical (unpaired) electrons. The monoisotopic (exact) mass is 362 g/mol. The smallest absolute Gasteiger partial charge is 0.348 e. The van der Waals surface area contributed by atoms with Crippen LogP contribution in [0.3, 0.4) is 0 Å². The molecule has 0 fully saturated rings. The number of carboxylic acids is 1. The van der Waals surface area contributed by atoms with Crippen molar-refractivity contribution in [2.24, 2.45) is 0 Å². The van der Waals surface area contributed by atoms with Crippen molar-refractivity contribution >= 4 is 43.8 Å². The number of halogens is 2. The fourth-order valence-corrected chi connectivity index (χ4v) is 2.74. The SMILES string of the molecule is CC1(C(=O)O)Cc2c(Br)ccc(Br)c2C(=O)O1. The highest BCUT2D eigenvalue weighted by molar-refractivity contribution is 9.11. The Hall–Kier alpha value is -0.880. The number of rotatable bonds is 1. The predicted octanol–water partition coefficient (Wildman–Crippen LogP) is 2.77. The van der Waals surface area contributed by atoms with E-state index in [9.17, 15) is 9.59 Å². The first-order chi connectivity index (χ1) is 7.85. The minimum Gasteiger partial charge on any atom is -0.478 e. The van der Waals surface area contributed by atoms with Crippen LogP contribution in [0.4, 0.5) is 0 Å². The summed E-state index contributed by atoms with van der Waals surface area (Å²) in [6.07, 6.45) is 0.142. The molecule has 0 saturated carbocycles. The van der Waals surface area contributed by atoms with Crippen LogP contribution in [0.2, 0.25) is 0 Å². The van der Waals surface area contributed by atoms with Gasteiger partial charge in [0.05, 0.1) is 5.56 Å². The van der Waals surface area contributed by atoms with Gasteiger partial charge in [0.2, 0.25) is 5.60 Å². The van der Waals surface area contributed by atoms with Crippen molar-refractivity contribution in [2.45, 2.75) is 18.9 Å². The van der Waals surface area contributed by atoms with Crippen LogP contribution in [0.5, 0.6) is 0 Å². The van der Waals surface area contributed by atoms with Gasteiger partial charge in [-0.25, -0.2) is 9.59 Å². The predicted molar refractivity (Wildman–Crippen MR) is 67.0 cm³/mol. The molecule has 1 aromatic carbocycles. The van der Waals surface area contributed by atoms with E-state index in [1.54, 1.807) is 12.1 Å². The van der Waals surface area contributed by atoms with Crippen molar-refractivity contribution in [1.82, 2.24) is 0 Å². The van der Waals surface area contributed by atoms with E-state index < -0.39 is 17.5 Å². The third-order valence-electron chi connectivity index (χ3n) is 2.69. The fourth-order valence-electron chi connectivity index (χ4n) is 1.74. The normalized spacial score (nSPS) is 22.9. The number of hydrogen-bond acceptors (Lipinski definition) is 3. The van der Waals surface area contributed by atoms with Crippen LogP contribution in [0.15, 0.2) is 21.1 Å². The number of ether oxygens (including phenoxy) is 1. The molecule has 1 atom stereocenters. The third-order valence-corrected chi connectivity index (χ3v) is 4.10. The van der Waals surface area contributed by atoms with Gasteiger partial charge in [0.25, 0.3) is 0 Å². The van der Waals surface area contributed by atoms with E-state index in [-0.39, 0.29) is 6.42 Å². The molecule has 0 spiro atoms. The summed E-state index contributed by atoms with van der Waals surface area (Å²) in [6.45, 7) is 1.39. The van der Waals surface area contributed by atoms with E-state index in [0.717, 1.165) is 0 Å². The molecular formula is C11H8Br2O4. The standard InChI is InChI=1S/C11H8Br2O4/c1-11(10(15)16)4-5-6(12)2-3-7(13)8(5)9(14)17-11/h2-3H,4H2,1H3,(H,15,16). The molecule has 0 aliphatic carbocycles. The molecule has 6 heteroatoms. The minimum atomic E-state index is -1.51. The molecule has 1 heterocycles. The summed E-state index contributed by atoms with van der Waals surface area (Å²) in [4.78, 5) is 23.0. The van der Waals surface area contributed by atoms with Crippen molar-refractivity contribution in [2.75, 3.05) is 0 Å². The Bertz CT molecular complexity index is 526. The fraction of sp³-hybridized carbons (Fsp3) is 0.273. The van der Waals surface area contributed by atoms with Crippen molar-refractivity contribution in [3.63, 3.8) is 0 Å². The van der Waals surface area contributed by atoms with E-state index >= 15 is 0 Å². The van der Waals surface area contributed by atoms with Gasteiger partial charge in [0, 0.05) is 15.4 Å². The molecule has 1 unspecified atom stereocenters. The Morgan fingerprint density at radius 1 is 1.41 bits per heavy atom. The van der Waals surface area contributed by atoms with Gasteiger partial charge in [-0.05, 0) is 40.5 Å². The van der Waals surface area contributed by atoms with Gasteiger partial charge in [-0.15, -0.1) is 0 Å². The van der Waals surface area contributed by atoms with Crippen molar-refractivity contribution < 1.29 is 19.4 Å². The molecule has 1 N–H and O–H groups in total. The Kier molecular flexibility index (Phi) is 3.03. The molecule has 0 aromatic heterocycles. The topological polar surface area (TPSA) is 63.6 Å². The number of aliphatic carboxylic acids is 1. The summed E-state index contributed by atoms with van der Waals surface area (Å²) in [5.41, 5.74) is -0.466. The lowest BCUT2D eigenvalue weighted by Gasteiger charge is -2.31. The molecule has 1 aliphatic rings. The third kappa shape index (κ3) is 1.99. The molecule has 1 aromatic rings. The molecule has 0 amide bonds. The zero-order valence-electron chi connectivity index (χ0n) is 8.79. The number of fused-ring (bicyclic) bond motifs is 1. The van der Waals surface area contributed by atoms with Gasteiger partial charge < -0.3 is 9.84 Å². The molecule has 0 saturated heterocycles. The number of carboxylic acid groups (broad SMARTS) is 1. The van der Waals surface area contributed by atoms with E-state index in [0.29, 0.717) is 20.1 Å². The summed E-state index contributed by atoms with van der Waals surface area (Å²) >= 11 is 6.58. The van der Waals surface area contributed by atoms with Crippen LogP contribution < -0.4 is 0 Å². The summed E-state index contributed by atoms with van der Waals surface area (Å²) < 4.78 is 6.32. The van der Waals surface area contributed by atoms with Crippen LogP contribution >= 0.6 is 31.9 Å². The lowest BCUT2D eigenvalue weighted by molar-refractivity contribution is -0.158. The molecule has 2 rings (SSSR count). The number of carbonyl (C=O) groups is 2. The van der Waals surface area contributed by atoms with Crippen LogP contribution in [-0.2, 0) is 16.0 Å². The van der Waals surface area contributed by atoms with Crippen LogP contribution in [0.1, 0.15) is 22.8 Å². The molecule has 4 nitrogen and oxygen atoms in total. The van der Waals surface area contributed by atoms with E-state index in [1.807, 2.05) is 0 Å². The Labute approximate surface area is 114 Å². The van der Waals surface area contributed by atoms with Gasteiger partial charge in [-0.1, -0.05) is 15.9 Å². The molecule has 1 aliphatic heterocycles. The van der Waals surface area contributed by atoms with Gasteiger partial charge in [-0.3, -0.25) is 0 Å². The first-order valence-electron chi connectivity index (χ1n) is 4.79. The number of hydrogen-bond donors (Lipinski definition) is 1. The van der Waals surface area contributed by atoms with Gasteiger partial charge in [0.15, 0.2) is 0 Å². The molecule has 17 heavy (non-hydrogen) atoms. The zero-order chi connectivity index (χ0) is 12.8. The average molecular weight is 364 g/mol. The Morgan fingerprint density at radius 3 is 2.59 bits per heavy atom. The maximum Gasteiger partial charge on any atom is 0.348 e. The highest BCUT2D eigenvalue weighted by atomic mass is 79.9. The maximum atomic E-state index is 11.8.